The summed E-state index contributed by atoms with van der Waals surface area (Å²) in [5, 5.41) is 10.1. The highest BCUT2D eigenvalue weighted by Gasteiger charge is 2.75. The molecular weight excluding hydrogens is 424 g/mol. The first kappa shape index (κ1) is 24.3. The highest BCUT2D eigenvalue weighted by Crippen LogP contribution is 2.74. The summed E-state index contributed by atoms with van der Waals surface area (Å²) in [5.74, 6) is -9.92. The number of alkyl halides is 4. The summed E-state index contributed by atoms with van der Waals surface area (Å²) >= 11 is 0. The molecule has 0 aliphatic heterocycles. The van der Waals surface area contributed by atoms with Gasteiger partial charge in [0.15, 0.2) is 0 Å². The van der Waals surface area contributed by atoms with Crippen LogP contribution in [-0.2, 0) is 9.53 Å². The lowest BCUT2D eigenvalue weighted by atomic mass is 9.42. The third-order valence-corrected chi connectivity index (χ3v) is 10.5. The number of aliphatic hydroxyl groups is 1. The van der Waals surface area contributed by atoms with Gasteiger partial charge >= 0.3 is 5.97 Å². The molecule has 7 heteroatoms. The molecule has 32 heavy (non-hydrogen) atoms. The van der Waals surface area contributed by atoms with Crippen LogP contribution in [0, 0.1) is 46.3 Å². The largest absolute Gasteiger partial charge is 0.469 e. The van der Waals surface area contributed by atoms with Gasteiger partial charge < -0.3 is 9.84 Å². The van der Waals surface area contributed by atoms with Gasteiger partial charge in [0.25, 0.3) is 11.8 Å². The summed E-state index contributed by atoms with van der Waals surface area (Å²) in [6.07, 6.45) is 1.39. The molecule has 0 aromatic rings. The first-order chi connectivity index (χ1) is 14.8. The van der Waals surface area contributed by atoms with E-state index in [1.807, 2.05) is 13.8 Å². The molecule has 0 aromatic heterocycles. The van der Waals surface area contributed by atoms with E-state index in [-0.39, 0.29) is 31.1 Å². The fraction of sp³-hybridized carbons (Fsp3) is 0.960. The minimum absolute atomic E-state index is 0.158. The first-order valence-electron chi connectivity index (χ1n) is 12.3. The van der Waals surface area contributed by atoms with Crippen LogP contribution in [0.4, 0.5) is 17.6 Å². The quantitative estimate of drug-likeness (QED) is 0.406. The zero-order valence-electron chi connectivity index (χ0n) is 19.7. The van der Waals surface area contributed by atoms with Gasteiger partial charge in [0.2, 0.25) is 0 Å². The fourth-order valence-corrected chi connectivity index (χ4v) is 8.66. The summed E-state index contributed by atoms with van der Waals surface area (Å²) in [6, 6.07) is 0. The topological polar surface area (TPSA) is 46.5 Å². The van der Waals surface area contributed by atoms with Gasteiger partial charge in [-0.05, 0) is 73.5 Å². The maximum Gasteiger partial charge on any atom is 0.305 e. The molecule has 4 fully saturated rings. The lowest BCUT2D eigenvalue weighted by Gasteiger charge is -2.64. The van der Waals surface area contributed by atoms with Gasteiger partial charge in [0.1, 0.15) is 0 Å². The molecule has 0 aromatic carbocycles. The number of carbonyl (C=O) groups excluding carboxylic acids is 1. The normalized spacial score (nSPS) is 47.7. The van der Waals surface area contributed by atoms with Crippen LogP contribution >= 0.6 is 0 Å². The van der Waals surface area contributed by atoms with E-state index >= 15 is 17.6 Å². The van der Waals surface area contributed by atoms with Crippen molar-refractivity contribution in [3.63, 3.8) is 0 Å². The van der Waals surface area contributed by atoms with Crippen LogP contribution in [0.2, 0.25) is 0 Å². The van der Waals surface area contributed by atoms with Crippen LogP contribution in [0.25, 0.3) is 0 Å². The van der Waals surface area contributed by atoms with Gasteiger partial charge in [0.05, 0.1) is 13.2 Å². The molecule has 0 amide bonds. The van der Waals surface area contributed by atoms with Gasteiger partial charge in [-0.25, -0.2) is 17.6 Å². The molecular formula is C25H38F4O3. The third-order valence-electron chi connectivity index (χ3n) is 10.5. The molecule has 0 bridgehead atoms. The van der Waals surface area contributed by atoms with Crippen molar-refractivity contribution in [1.82, 2.24) is 0 Å². The number of aliphatic hydroxyl groups excluding tert-OH is 1. The van der Waals surface area contributed by atoms with Gasteiger partial charge in [-0.2, -0.15) is 0 Å². The Labute approximate surface area is 188 Å². The van der Waals surface area contributed by atoms with E-state index in [0.717, 1.165) is 0 Å². The van der Waals surface area contributed by atoms with E-state index in [1.165, 1.54) is 7.11 Å². The molecule has 1 N–H and O–H groups in total. The van der Waals surface area contributed by atoms with Crippen LogP contribution < -0.4 is 0 Å². The average Bonchev–Trinajstić information content (AvgIpc) is 3.06. The van der Waals surface area contributed by atoms with Crippen LogP contribution in [0.15, 0.2) is 0 Å². The number of carbonyl (C=O) groups is 1. The van der Waals surface area contributed by atoms with Crippen LogP contribution in [0.1, 0.15) is 78.6 Å². The number of rotatable bonds is 4. The Morgan fingerprint density at radius 2 is 1.78 bits per heavy atom. The van der Waals surface area contributed by atoms with E-state index in [1.54, 1.807) is 6.92 Å². The SMILES string of the molecule is COC(=O)CC[C@@H](C)C1CC[C@H]2[C@H]3[C@H](CC(F)(F)[C@]12C)[C@@]1(C)CC[C@@H](O)C[C@H]1CC3(F)F. The van der Waals surface area contributed by atoms with Crippen LogP contribution in [-0.4, -0.2) is 36.1 Å². The van der Waals surface area contributed by atoms with Gasteiger partial charge in [-0.15, -0.1) is 0 Å². The minimum atomic E-state index is -3.05. The van der Waals surface area contributed by atoms with E-state index in [4.69, 9.17) is 4.74 Å². The molecule has 3 nitrogen and oxygen atoms in total. The van der Waals surface area contributed by atoms with Crippen molar-refractivity contribution < 1.29 is 32.2 Å². The monoisotopic (exact) mass is 462 g/mol. The van der Waals surface area contributed by atoms with Crippen molar-refractivity contribution >= 4 is 5.97 Å². The molecule has 1 unspecified atom stereocenters. The highest BCUT2D eigenvalue weighted by molar-refractivity contribution is 5.69. The lowest BCUT2D eigenvalue weighted by molar-refractivity contribution is -0.295. The zero-order valence-corrected chi connectivity index (χ0v) is 19.7. The van der Waals surface area contributed by atoms with Gasteiger partial charge in [-0.1, -0.05) is 20.8 Å². The van der Waals surface area contributed by atoms with Crippen molar-refractivity contribution in [2.24, 2.45) is 46.3 Å². The minimum Gasteiger partial charge on any atom is -0.469 e. The molecule has 0 saturated heterocycles. The van der Waals surface area contributed by atoms with Crippen LogP contribution in [0.5, 0.6) is 0 Å². The Balaban J connectivity index is 1.67. The Kier molecular flexibility index (Phi) is 5.95. The summed E-state index contributed by atoms with van der Waals surface area (Å²) in [7, 11) is 1.30. The second-order valence-electron chi connectivity index (χ2n) is 11.8. The summed E-state index contributed by atoms with van der Waals surface area (Å²) in [4.78, 5) is 11.6. The molecule has 4 aliphatic carbocycles. The maximum absolute atomic E-state index is 16.1. The predicted octanol–water partition coefficient (Wildman–Crippen LogP) is 6.09. The molecule has 9 atom stereocenters. The molecule has 0 spiro atoms. The van der Waals surface area contributed by atoms with E-state index in [0.29, 0.717) is 32.1 Å². The molecule has 0 heterocycles. The highest BCUT2D eigenvalue weighted by atomic mass is 19.3. The van der Waals surface area contributed by atoms with Crippen molar-refractivity contribution in [2.75, 3.05) is 7.11 Å². The number of fused-ring (bicyclic) bond motifs is 5. The predicted molar refractivity (Wildman–Crippen MR) is 112 cm³/mol. The third kappa shape index (κ3) is 3.42. The fourth-order valence-electron chi connectivity index (χ4n) is 8.66. The van der Waals surface area contributed by atoms with Crippen molar-refractivity contribution in [3.05, 3.63) is 0 Å². The maximum atomic E-state index is 16.1. The van der Waals surface area contributed by atoms with E-state index < -0.39 is 64.8 Å². The number of esters is 1. The Bertz CT molecular complexity index is 743. The summed E-state index contributed by atoms with van der Waals surface area (Å²) in [5.41, 5.74) is -2.07. The van der Waals surface area contributed by atoms with Crippen molar-refractivity contribution in [2.45, 2.75) is 96.5 Å². The Morgan fingerprint density at radius 3 is 2.44 bits per heavy atom. The number of hydrogen-bond acceptors (Lipinski definition) is 3. The molecule has 4 aliphatic rings. The Morgan fingerprint density at radius 1 is 1.09 bits per heavy atom. The lowest BCUT2D eigenvalue weighted by Crippen LogP contribution is -2.66. The van der Waals surface area contributed by atoms with E-state index in [9.17, 15) is 9.90 Å². The second kappa shape index (κ2) is 7.84. The zero-order chi connectivity index (χ0) is 23.7. The molecule has 4 rings (SSSR count). The van der Waals surface area contributed by atoms with Crippen LogP contribution in [0.3, 0.4) is 0 Å². The number of hydrogen-bond donors (Lipinski definition) is 1. The number of ether oxygens (including phenoxy) is 1. The van der Waals surface area contributed by atoms with Crippen molar-refractivity contribution in [3.8, 4) is 0 Å². The van der Waals surface area contributed by atoms with Gasteiger partial charge in [0, 0.05) is 30.6 Å². The summed E-state index contributed by atoms with van der Waals surface area (Å²) in [6.45, 7) is 5.36. The number of halogens is 4. The summed E-state index contributed by atoms with van der Waals surface area (Å²) < 4.78 is 68.2. The Hall–Kier alpha value is -0.850. The van der Waals surface area contributed by atoms with E-state index in [2.05, 4.69) is 0 Å². The molecule has 4 saturated carbocycles. The standard InChI is InChI=1S/C25H38F4O3/c1-14(5-8-20(31)32-4)17-6-7-18-21-19(13-25(28,29)23(17,18)3)22(2)10-9-16(30)11-15(22)12-24(21,26)27/h14-19,21,30H,5-13H2,1-4H3/t14-,15+,16-,17?,18+,19+,21+,22+,23-/m1/s1. The number of methoxy groups -OCH3 is 1. The first-order valence-corrected chi connectivity index (χ1v) is 12.3. The molecule has 0 radical (unpaired) electrons. The average molecular weight is 463 g/mol. The smallest absolute Gasteiger partial charge is 0.305 e. The molecule has 184 valence electrons. The van der Waals surface area contributed by atoms with Crippen molar-refractivity contribution in [1.29, 1.82) is 0 Å². The second-order valence-corrected chi connectivity index (χ2v) is 11.8. The van der Waals surface area contributed by atoms with Gasteiger partial charge in [-0.3, -0.25) is 4.79 Å².